The van der Waals surface area contributed by atoms with Crippen molar-refractivity contribution in [2.24, 2.45) is 5.84 Å². The summed E-state index contributed by atoms with van der Waals surface area (Å²) in [5, 5.41) is 0. The van der Waals surface area contributed by atoms with Crippen LogP contribution in [-0.2, 0) is 0 Å². The van der Waals surface area contributed by atoms with Crippen molar-refractivity contribution >= 4 is 28.4 Å². The predicted octanol–water partition coefficient (Wildman–Crippen LogP) is 3.59. The summed E-state index contributed by atoms with van der Waals surface area (Å²) >= 11 is 2.24. The van der Waals surface area contributed by atoms with Crippen molar-refractivity contribution in [3.63, 3.8) is 0 Å². The summed E-state index contributed by atoms with van der Waals surface area (Å²) in [4.78, 5) is 8.86. The highest BCUT2D eigenvalue weighted by atomic mass is 127. The molecule has 2 rings (SSSR count). The van der Waals surface area contributed by atoms with Crippen molar-refractivity contribution in [2.75, 3.05) is 5.43 Å². The maximum Gasteiger partial charge on any atom is 0.227 e. The molecule has 0 spiro atoms. The number of nitrogens with two attached hydrogens (primary N) is 1. The van der Waals surface area contributed by atoms with E-state index >= 15 is 0 Å². The van der Waals surface area contributed by atoms with Crippen LogP contribution >= 0.6 is 22.6 Å². The van der Waals surface area contributed by atoms with Gasteiger partial charge in [-0.1, -0.05) is 19.9 Å². The number of nitrogen functional groups attached to an aromatic ring is 1. The molecule has 0 aliphatic rings. The Bertz CT molecular complexity index is 616. The van der Waals surface area contributed by atoms with E-state index in [9.17, 15) is 0 Å². The summed E-state index contributed by atoms with van der Waals surface area (Å²) in [7, 11) is 0. The van der Waals surface area contributed by atoms with Crippen LogP contribution in [0.2, 0.25) is 0 Å². The first kappa shape index (κ1) is 15.0. The van der Waals surface area contributed by atoms with Crippen LogP contribution in [0.4, 0.5) is 5.82 Å². The number of nitrogens with one attached hydrogen (secondary N) is 1. The Morgan fingerprint density at radius 3 is 2.65 bits per heavy atom. The van der Waals surface area contributed by atoms with Gasteiger partial charge in [-0.15, -0.1) is 0 Å². The number of hydrogen-bond acceptors (Lipinski definition) is 5. The molecule has 5 nitrogen and oxygen atoms in total. The molecule has 20 heavy (non-hydrogen) atoms. The number of ether oxygens (including phenoxy) is 1. The van der Waals surface area contributed by atoms with E-state index in [-0.39, 0.29) is 5.92 Å². The normalized spacial score (nSPS) is 10.7. The SMILES string of the molecule is Cc1c(NN)nc(C(C)C)nc1Oc1cccc(I)c1. The van der Waals surface area contributed by atoms with E-state index in [2.05, 4.69) is 38.0 Å². The molecule has 1 aromatic carbocycles. The molecule has 106 valence electrons. The van der Waals surface area contributed by atoms with Gasteiger partial charge in [-0.25, -0.2) is 10.8 Å². The first-order valence-electron chi connectivity index (χ1n) is 6.30. The highest BCUT2D eigenvalue weighted by molar-refractivity contribution is 14.1. The van der Waals surface area contributed by atoms with Gasteiger partial charge >= 0.3 is 0 Å². The minimum absolute atomic E-state index is 0.195. The van der Waals surface area contributed by atoms with E-state index < -0.39 is 0 Å². The van der Waals surface area contributed by atoms with Crippen molar-refractivity contribution < 1.29 is 4.74 Å². The van der Waals surface area contributed by atoms with Crippen molar-refractivity contribution in [2.45, 2.75) is 26.7 Å². The fraction of sp³-hybridized carbons (Fsp3) is 0.286. The average molecular weight is 384 g/mol. The minimum Gasteiger partial charge on any atom is -0.439 e. The molecule has 3 N–H and O–H groups in total. The Balaban J connectivity index is 2.42. The molecule has 0 fully saturated rings. The van der Waals surface area contributed by atoms with E-state index in [1.165, 1.54) is 0 Å². The van der Waals surface area contributed by atoms with Crippen LogP contribution < -0.4 is 16.0 Å². The lowest BCUT2D eigenvalue weighted by molar-refractivity contribution is 0.453. The minimum atomic E-state index is 0.195. The predicted molar refractivity (Wildman–Crippen MR) is 87.9 cm³/mol. The Kier molecular flexibility index (Phi) is 4.77. The van der Waals surface area contributed by atoms with Gasteiger partial charge in [0.1, 0.15) is 11.6 Å². The monoisotopic (exact) mass is 384 g/mol. The molecule has 2 aromatic rings. The smallest absolute Gasteiger partial charge is 0.227 e. The number of hydrogen-bond donors (Lipinski definition) is 2. The molecular formula is C14H17IN4O. The Hall–Kier alpha value is -1.41. The van der Waals surface area contributed by atoms with Crippen molar-refractivity contribution in [3.05, 3.63) is 39.2 Å². The van der Waals surface area contributed by atoms with Crippen molar-refractivity contribution in [1.82, 2.24) is 9.97 Å². The van der Waals surface area contributed by atoms with E-state index in [0.29, 0.717) is 17.5 Å². The van der Waals surface area contributed by atoms with Gasteiger partial charge in [0, 0.05) is 9.49 Å². The number of halogens is 1. The highest BCUT2D eigenvalue weighted by Crippen LogP contribution is 2.29. The molecule has 6 heteroatoms. The van der Waals surface area contributed by atoms with E-state index in [1.54, 1.807) is 0 Å². The Labute approximate surface area is 132 Å². The number of nitrogens with zero attached hydrogens (tertiary/aromatic N) is 2. The highest BCUT2D eigenvalue weighted by Gasteiger charge is 2.14. The molecule has 0 atom stereocenters. The van der Waals surface area contributed by atoms with Crippen LogP contribution in [0.25, 0.3) is 0 Å². The quantitative estimate of drug-likeness (QED) is 0.479. The summed E-state index contributed by atoms with van der Waals surface area (Å²) in [6, 6.07) is 7.80. The molecule has 0 amide bonds. The zero-order valence-corrected chi connectivity index (χ0v) is 13.8. The van der Waals surface area contributed by atoms with Gasteiger partial charge in [0.05, 0.1) is 5.56 Å². The van der Waals surface area contributed by atoms with Crippen LogP contribution in [0.5, 0.6) is 11.6 Å². The maximum absolute atomic E-state index is 5.87. The summed E-state index contributed by atoms with van der Waals surface area (Å²) in [6.45, 7) is 5.93. The number of hydrazine groups is 1. The second-order valence-corrected chi connectivity index (χ2v) is 5.96. The van der Waals surface area contributed by atoms with Crippen molar-refractivity contribution in [3.8, 4) is 11.6 Å². The number of benzene rings is 1. The zero-order chi connectivity index (χ0) is 14.7. The summed E-state index contributed by atoms with van der Waals surface area (Å²) in [5.74, 6) is 8.26. The molecule has 0 unspecified atom stereocenters. The maximum atomic E-state index is 5.87. The number of rotatable bonds is 4. The molecule has 1 aromatic heterocycles. The molecule has 0 bridgehead atoms. The molecule has 1 heterocycles. The topological polar surface area (TPSA) is 73.1 Å². The van der Waals surface area contributed by atoms with Gasteiger partial charge in [-0.2, -0.15) is 4.98 Å². The lowest BCUT2D eigenvalue weighted by atomic mass is 10.2. The second kappa shape index (κ2) is 6.36. The molecule has 0 aliphatic carbocycles. The molecule has 0 aliphatic heterocycles. The lowest BCUT2D eigenvalue weighted by Crippen LogP contribution is -2.13. The average Bonchev–Trinajstić information content (AvgIpc) is 2.41. The fourth-order valence-electron chi connectivity index (χ4n) is 1.65. The number of aromatic nitrogens is 2. The first-order valence-corrected chi connectivity index (χ1v) is 7.37. The third-order valence-electron chi connectivity index (χ3n) is 2.78. The van der Waals surface area contributed by atoms with Gasteiger partial charge in [-0.05, 0) is 47.7 Å². The summed E-state index contributed by atoms with van der Waals surface area (Å²) < 4.78 is 6.98. The largest absolute Gasteiger partial charge is 0.439 e. The number of anilines is 1. The summed E-state index contributed by atoms with van der Waals surface area (Å²) in [5.41, 5.74) is 3.38. The van der Waals surface area contributed by atoms with Crippen molar-refractivity contribution in [1.29, 1.82) is 0 Å². The molecule has 0 radical (unpaired) electrons. The van der Waals surface area contributed by atoms with E-state index in [0.717, 1.165) is 14.9 Å². The van der Waals surface area contributed by atoms with Gasteiger partial charge < -0.3 is 10.2 Å². The van der Waals surface area contributed by atoms with Gasteiger partial charge in [0.2, 0.25) is 5.88 Å². The Morgan fingerprint density at radius 2 is 2.05 bits per heavy atom. The van der Waals surface area contributed by atoms with Crippen LogP contribution in [-0.4, -0.2) is 9.97 Å². The molecular weight excluding hydrogens is 367 g/mol. The third-order valence-corrected chi connectivity index (χ3v) is 3.45. The van der Waals surface area contributed by atoms with Crippen LogP contribution in [0, 0.1) is 10.5 Å². The van der Waals surface area contributed by atoms with Gasteiger partial charge in [0.25, 0.3) is 0 Å². The van der Waals surface area contributed by atoms with Crippen LogP contribution in [0.3, 0.4) is 0 Å². The fourth-order valence-corrected chi connectivity index (χ4v) is 2.17. The molecule has 0 saturated carbocycles. The molecule has 0 saturated heterocycles. The lowest BCUT2D eigenvalue weighted by Gasteiger charge is -2.14. The Morgan fingerprint density at radius 1 is 1.30 bits per heavy atom. The van der Waals surface area contributed by atoms with Gasteiger partial charge in [0.15, 0.2) is 5.82 Å². The second-order valence-electron chi connectivity index (χ2n) is 4.72. The zero-order valence-electron chi connectivity index (χ0n) is 11.6. The summed E-state index contributed by atoms with van der Waals surface area (Å²) in [6.07, 6.45) is 0. The van der Waals surface area contributed by atoms with Gasteiger partial charge in [-0.3, -0.25) is 0 Å². The van der Waals surface area contributed by atoms with Crippen LogP contribution in [0.1, 0.15) is 31.2 Å². The van der Waals surface area contributed by atoms with Crippen LogP contribution in [0.15, 0.2) is 24.3 Å². The first-order chi connectivity index (χ1) is 9.51. The standard InChI is InChI=1S/C14H17IN4O/c1-8(2)12-17-13(19-16)9(3)14(18-12)20-11-6-4-5-10(15)7-11/h4-8H,16H2,1-3H3,(H,17,18,19). The van der Waals surface area contributed by atoms with E-state index in [1.807, 2.05) is 45.0 Å². The third kappa shape index (κ3) is 3.37. The van der Waals surface area contributed by atoms with E-state index in [4.69, 9.17) is 10.6 Å².